The van der Waals surface area contributed by atoms with Gasteiger partial charge in [-0.1, -0.05) is 31.4 Å². The monoisotopic (exact) mass is 409 g/mol. The average Bonchev–Trinajstić information content (AvgIpc) is 3.37. The molecule has 162 valence electrons. The summed E-state index contributed by atoms with van der Waals surface area (Å²) in [6.07, 6.45) is 11.2. The lowest BCUT2D eigenvalue weighted by Crippen LogP contribution is -2.56. The van der Waals surface area contributed by atoms with Crippen molar-refractivity contribution in [1.29, 1.82) is 0 Å². The van der Waals surface area contributed by atoms with E-state index >= 15 is 0 Å². The average molecular weight is 410 g/mol. The number of amides is 1. The standard InChI is InChI=1S/C25H35N3O2/c1-18-14-26-13-7-10-20(26)16-28(18)25(29)22-17-27(15-19-8-4-3-5-9-19)24-21(22)11-6-12-23(24)30-2/h6,11-12,17-20H,3-5,7-10,13-16H2,1-2H3/t18-,20+/m0/s1. The van der Waals surface area contributed by atoms with Crippen LogP contribution >= 0.6 is 0 Å². The van der Waals surface area contributed by atoms with Crippen molar-refractivity contribution < 1.29 is 9.53 Å². The van der Waals surface area contributed by atoms with E-state index in [2.05, 4.69) is 33.6 Å². The van der Waals surface area contributed by atoms with Gasteiger partial charge in [0.2, 0.25) is 0 Å². The zero-order valence-corrected chi connectivity index (χ0v) is 18.5. The van der Waals surface area contributed by atoms with E-state index < -0.39 is 0 Å². The third kappa shape index (κ3) is 3.51. The van der Waals surface area contributed by atoms with Gasteiger partial charge >= 0.3 is 0 Å². The minimum Gasteiger partial charge on any atom is -0.495 e. The fourth-order valence-electron chi connectivity index (χ4n) is 6.08. The molecule has 1 aromatic heterocycles. The number of fused-ring (bicyclic) bond motifs is 2. The molecule has 3 fully saturated rings. The lowest BCUT2D eigenvalue weighted by molar-refractivity contribution is 0.0397. The molecule has 1 amide bonds. The molecule has 5 heteroatoms. The number of benzene rings is 1. The van der Waals surface area contributed by atoms with Crippen molar-refractivity contribution >= 4 is 16.8 Å². The summed E-state index contributed by atoms with van der Waals surface area (Å²) in [5.41, 5.74) is 1.93. The Morgan fingerprint density at radius 1 is 1.10 bits per heavy atom. The predicted molar refractivity (Wildman–Crippen MR) is 120 cm³/mol. The Hall–Kier alpha value is -2.01. The smallest absolute Gasteiger partial charge is 0.256 e. The summed E-state index contributed by atoms with van der Waals surface area (Å²) < 4.78 is 8.03. The van der Waals surface area contributed by atoms with Gasteiger partial charge in [-0.2, -0.15) is 0 Å². The van der Waals surface area contributed by atoms with E-state index in [1.54, 1.807) is 7.11 Å². The van der Waals surface area contributed by atoms with Crippen LogP contribution in [0.1, 0.15) is 62.2 Å². The SMILES string of the molecule is COc1cccc2c(C(=O)N3C[C@H]4CCCN4C[C@@H]3C)cn(CC3CCCCC3)c12. The summed E-state index contributed by atoms with van der Waals surface area (Å²) in [5, 5.41) is 1.04. The highest BCUT2D eigenvalue weighted by Crippen LogP contribution is 2.34. The minimum atomic E-state index is 0.190. The third-order valence-electron chi connectivity index (χ3n) is 7.69. The summed E-state index contributed by atoms with van der Waals surface area (Å²) in [7, 11) is 1.73. The van der Waals surface area contributed by atoms with E-state index in [1.807, 2.05) is 12.1 Å². The molecule has 3 aliphatic rings. The van der Waals surface area contributed by atoms with Crippen molar-refractivity contribution in [3.63, 3.8) is 0 Å². The van der Waals surface area contributed by atoms with Crippen LogP contribution in [0.15, 0.2) is 24.4 Å². The number of para-hydroxylation sites is 1. The number of aromatic nitrogens is 1. The van der Waals surface area contributed by atoms with Crippen LogP contribution in [-0.4, -0.2) is 59.1 Å². The van der Waals surface area contributed by atoms with E-state index in [9.17, 15) is 4.79 Å². The van der Waals surface area contributed by atoms with Gasteiger partial charge in [-0.25, -0.2) is 0 Å². The molecule has 5 nitrogen and oxygen atoms in total. The molecule has 2 aliphatic heterocycles. The Labute approximate surface area is 180 Å². The van der Waals surface area contributed by atoms with Crippen LogP contribution in [0, 0.1) is 5.92 Å². The van der Waals surface area contributed by atoms with Crippen LogP contribution in [-0.2, 0) is 6.54 Å². The van der Waals surface area contributed by atoms with Crippen LogP contribution in [0.2, 0.25) is 0 Å². The molecular formula is C25H35N3O2. The number of carbonyl (C=O) groups excluding carboxylic acids is 1. The second-order valence-corrected chi connectivity index (χ2v) is 9.65. The number of piperazine rings is 1. The normalized spacial score (nSPS) is 25.6. The number of hydrogen-bond acceptors (Lipinski definition) is 3. The number of nitrogens with zero attached hydrogens (tertiary/aromatic N) is 3. The highest BCUT2D eigenvalue weighted by atomic mass is 16.5. The van der Waals surface area contributed by atoms with Crippen LogP contribution < -0.4 is 4.74 Å². The lowest BCUT2D eigenvalue weighted by atomic mass is 9.89. The Bertz CT molecular complexity index is 914. The minimum absolute atomic E-state index is 0.190. The third-order valence-corrected chi connectivity index (χ3v) is 7.69. The van der Waals surface area contributed by atoms with Crippen LogP contribution in [0.3, 0.4) is 0 Å². The number of ether oxygens (including phenoxy) is 1. The zero-order chi connectivity index (χ0) is 20.7. The van der Waals surface area contributed by atoms with Gasteiger partial charge in [0.25, 0.3) is 5.91 Å². The van der Waals surface area contributed by atoms with Crippen LogP contribution in [0.5, 0.6) is 5.75 Å². The molecule has 3 heterocycles. The van der Waals surface area contributed by atoms with Gasteiger partial charge in [-0.3, -0.25) is 9.69 Å². The van der Waals surface area contributed by atoms with E-state index in [4.69, 9.17) is 4.74 Å². The van der Waals surface area contributed by atoms with Crippen LogP contribution in [0.4, 0.5) is 0 Å². The molecule has 1 aliphatic carbocycles. The maximum atomic E-state index is 13.8. The molecule has 1 aromatic carbocycles. The maximum absolute atomic E-state index is 13.8. The van der Waals surface area contributed by atoms with E-state index in [-0.39, 0.29) is 11.9 Å². The molecule has 1 saturated carbocycles. The Morgan fingerprint density at radius 2 is 1.93 bits per heavy atom. The molecule has 0 spiro atoms. The first-order valence-electron chi connectivity index (χ1n) is 11.9. The van der Waals surface area contributed by atoms with Gasteiger partial charge in [-0.15, -0.1) is 0 Å². The first-order valence-corrected chi connectivity index (χ1v) is 11.9. The van der Waals surface area contributed by atoms with Crippen LogP contribution in [0.25, 0.3) is 10.9 Å². The number of hydrogen-bond donors (Lipinski definition) is 0. The quantitative estimate of drug-likeness (QED) is 0.744. The first-order chi connectivity index (χ1) is 14.7. The molecule has 5 rings (SSSR count). The fraction of sp³-hybridized carbons (Fsp3) is 0.640. The highest BCUT2D eigenvalue weighted by Gasteiger charge is 2.37. The van der Waals surface area contributed by atoms with Gasteiger partial charge in [0, 0.05) is 43.3 Å². The zero-order valence-electron chi connectivity index (χ0n) is 18.5. The summed E-state index contributed by atoms with van der Waals surface area (Å²) >= 11 is 0. The Morgan fingerprint density at radius 3 is 2.73 bits per heavy atom. The molecular weight excluding hydrogens is 374 g/mol. The second kappa shape index (κ2) is 8.26. The molecule has 0 radical (unpaired) electrons. The van der Waals surface area contributed by atoms with Crippen molar-refractivity contribution in [2.75, 3.05) is 26.7 Å². The molecule has 30 heavy (non-hydrogen) atoms. The molecule has 0 bridgehead atoms. The maximum Gasteiger partial charge on any atom is 0.256 e. The molecule has 0 N–H and O–H groups in total. The van der Waals surface area contributed by atoms with Gasteiger partial charge in [0.1, 0.15) is 5.75 Å². The summed E-state index contributed by atoms with van der Waals surface area (Å²) in [5.74, 6) is 1.76. The molecule has 2 saturated heterocycles. The highest BCUT2D eigenvalue weighted by molar-refractivity contribution is 6.08. The fourth-order valence-corrected chi connectivity index (χ4v) is 6.08. The lowest BCUT2D eigenvalue weighted by Gasteiger charge is -2.42. The largest absolute Gasteiger partial charge is 0.495 e. The van der Waals surface area contributed by atoms with Crippen molar-refractivity contribution in [3.8, 4) is 5.75 Å². The van der Waals surface area contributed by atoms with E-state index in [0.29, 0.717) is 12.0 Å². The van der Waals surface area contributed by atoms with Crippen molar-refractivity contribution in [2.24, 2.45) is 5.92 Å². The molecule has 2 atom stereocenters. The Kier molecular flexibility index (Phi) is 5.48. The topological polar surface area (TPSA) is 37.7 Å². The van der Waals surface area contributed by atoms with E-state index in [1.165, 1.54) is 51.5 Å². The Balaban J connectivity index is 1.49. The number of rotatable bonds is 4. The summed E-state index contributed by atoms with van der Waals surface area (Å²) in [6, 6.07) is 6.93. The van der Waals surface area contributed by atoms with Gasteiger partial charge in [-0.05, 0) is 51.1 Å². The van der Waals surface area contributed by atoms with Crippen molar-refractivity contribution in [3.05, 3.63) is 30.0 Å². The molecule has 0 unspecified atom stereocenters. The van der Waals surface area contributed by atoms with Gasteiger partial charge in [0.15, 0.2) is 0 Å². The predicted octanol–water partition coefficient (Wildman–Crippen LogP) is 4.54. The van der Waals surface area contributed by atoms with Crippen molar-refractivity contribution in [1.82, 2.24) is 14.4 Å². The number of carbonyl (C=O) groups is 1. The first kappa shape index (κ1) is 19.9. The second-order valence-electron chi connectivity index (χ2n) is 9.65. The molecule has 2 aromatic rings. The van der Waals surface area contributed by atoms with Gasteiger partial charge < -0.3 is 14.2 Å². The summed E-state index contributed by atoms with van der Waals surface area (Å²) in [4.78, 5) is 18.5. The number of methoxy groups -OCH3 is 1. The van der Waals surface area contributed by atoms with E-state index in [0.717, 1.165) is 41.9 Å². The van der Waals surface area contributed by atoms with Gasteiger partial charge in [0.05, 0.1) is 18.2 Å². The van der Waals surface area contributed by atoms with Crippen molar-refractivity contribution in [2.45, 2.75) is 70.5 Å². The summed E-state index contributed by atoms with van der Waals surface area (Å²) in [6.45, 7) is 6.24.